The molecular formula is C9H8N2O3. The van der Waals surface area contributed by atoms with Gasteiger partial charge in [0.1, 0.15) is 11.3 Å². The molecule has 0 fully saturated rings. The number of carboxylic acids is 1. The van der Waals surface area contributed by atoms with Crippen LogP contribution in [0.1, 0.15) is 16.1 Å². The predicted molar refractivity (Wildman–Crippen MR) is 48.6 cm³/mol. The average Bonchev–Trinajstić information content (AvgIpc) is 2.43. The molecule has 5 heteroatoms. The summed E-state index contributed by atoms with van der Waals surface area (Å²) in [5, 5.41) is 18.4. The molecule has 2 aromatic rings. The highest BCUT2D eigenvalue weighted by molar-refractivity contribution is 5.94. The van der Waals surface area contributed by atoms with Crippen LogP contribution in [0.25, 0.3) is 5.65 Å². The molecule has 2 heterocycles. The number of aromatic nitrogens is 2. The Morgan fingerprint density at radius 2 is 2.29 bits per heavy atom. The Hall–Kier alpha value is -2.04. The molecule has 0 bridgehead atoms. The summed E-state index contributed by atoms with van der Waals surface area (Å²) in [6, 6.07) is 3.00. The van der Waals surface area contributed by atoms with Gasteiger partial charge in [0, 0.05) is 6.20 Å². The standard InChI is InChI=1S/C9H8N2O3/c1-5-8(12)11-4-2-3-6(9(13)14)7(11)10-5/h2-4,12H,1H3,(H,13,14). The van der Waals surface area contributed by atoms with Crippen molar-refractivity contribution in [3.05, 3.63) is 29.6 Å². The SMILES string of the molecule is Cc1nc2c(C(=O)O)cccn2c1O. The van der Waals surface area contributed by atoms with E-state index in [1.54, 1.807) is 19.2 Å². The lowest BCUT2D eigenvalue weighted by Gasteiger charge is -1.97. The second-order valence-electron chi connectivity index (χ2n) is 2.94. The van der Waals surface area contributed by atoms with Crippen molar-refractivity contribution in [3.63, 3.8) is 0 Å². The van der Waals surface area contributed by atoms with Gasteiger partial charge in [0.15, 0.2) is 5.65 Å². The van der Waals surface area contributed by atoms with Crippen LogP contribution < -0.4 is 0 Å². The van der Waals surface area contributed by atoms with Crippen molar-refractivity contribution >= 4 is 11.6 Å². The number of aryl methyl sites for hydroxylation is 1. The van der Waals surface area contributed by atoms with Gasteiger partial charge in [-0.15, -0.1) is 0 Å². The molecule has 72 valence electrons. The Morgan fingerprint density at radius 1 is 1.57 bits per heavy atom. The molecule has 0 aliphatic carbocycles. The summed E-state index contributed by atoms with van der Waals surface area (Å²) in [5.41, 5.74) is 0.754. The highest BCUT2D eigenvalue weighted by atomic mass is 16.4. The second-order valence-corrected chi connectivity index (χ2v) is 2.94. The van der Waals surface area contributed by atoms with E-state index in [0.717, 1.165) is 0 Å². The zero-order chi connectivity index (χ0) is 10.3. The minimum absolute atomic E-state index is 0.0249. The molecule has 0 saturated heterocycles. The number of fused-ring (bicyclic) bond motifs is 1. The zero-order valence-corrected chi connectivity index (χ0v) is 7.43. The highest BCUT2D eigenvalue weighted by Gasteiger charge is 2.14. The molecule has 0 aliphatic rings. The van der Waals surface area contributed by atoms with Crippen LogP contribution >= 0.6 is 0 Å². The fourth-order valence-electron chi connectivity index (χ4n) is 1.34. The van der Waals surface area contributed by atoms with E-state index in [4.69, 9.17) is 5.11 Å². The first kappa shape index (κ1) is 8.55. The van der Waals surface area contributed by atoms with Gasteiger partial charge in [-0.2, -0.15) is 0 Å². The number of carboxylic acid groups (broad SMARTS) is 1. The van der Waals surface area contributed by atoms with Gasteiger partial charge in [0.05, 0.1) is 0 Å². The summed E-state index contributed by atoms with van der Waals surface area (Å²) >= 11 is 0. The molecule has 0 radical (unpaired) electrons. The summed E-state index contributed by atoms with van der Waals surface area (Å²) < 4.78 is 1.35. The van der Waals surface area contributed by atoms with Gasteiger partial charge in [-0.05, 0) is 19.1 Å². The number of aromatic hydroxyl groups is 1. The number of nitrogens with zero attached hydrogens (tertiary/aromatic N) is 2. The van der Waals surface area contributed by atoms with Crippen LogP contribution in [0.5, 0.6) is 5.88 Å². The van der Waals surface area contributed by atoms with Crippen molar-refractivity contribution in [2.75, 3.05) is 0 Å². The molecule has 2 N–H and O–H groups in total. The van der Waals surface area contributed by atoms with Crippen LogP contribution in [-0.2, 0) is 0 Å². The molecule has 2 aromatic heterocycles. The van der Waals surface area contributed by atoms with E-state index in [0.29, 0.717) is 5.69 Å². The summed E-state index contributed by atoms with van der Waals surface area (Å²) in [4.78, 5) is 14.8. The monoisotopic (exact) mass is 192 g/mol. The minimum Gasteiger partial charge on any atom is -0.493 e. The number of carbonyl (C=O) groups is 1. The van der Waals surface area contributed by atoms with Gasteiger partial charge in [-0.3, -0.25) is 4.40 Å². The first-order valence-corrected chi connectivity index (χ1v) is 4.01. The Labute approximate surface area is 79.2 Å². The third kappa shape index (κ3) is 1.02. The summed E-state index contributed by atoms with van der Waals surface area (Å²) in [7, 11) is 0. The van der Waals surface area contributed by atoms with Crippen LogP contribution in [0.3, 0.4) is 0 Å². The van der Waals surface area contributed by atoms with Crippen LogP contribution in [0.2, 0.25) is 0 Å². The van der Waals surface area contributed by atoms with Crippen molar-refractivity contribution < 1.29 is 15.0 Å². The van der Waals surface area contributed by atoms with Crippen molar-refractivity contribution in [3.8, 4) is 5.88 Å². The summed E-state index contributed by atoms with van der Waals surface area (Å²) in [5.74, 6) is -1.08. The van der Waals surface area contributed by atoms with E-state index >= 15 is 0 Å². The van der Waals surface area contributed by atoms with E-state index in [-0.39, 0.29) is 17.1 Å². The Balaban J connectivity index is 2.88. The molecule has 0 atom stereocenters. The summed E-state index contributed by atoms with van der Waals surface area (Å²) in [6.07, 6.45) is 1.57. The fraction of sp³-hybridized carbons (Fsp3) is 0.111. The van der Waals surface area contributed by atoms with Gasteiger partial charge >= 0.3 is 5.97 Å². The Kier molecular flexibility index (Phi) is 1.67. The summed E-state index contributed by atoms with van der Waals surface area (Å²) in [6.45, 7) is 1.62. The Bertz CT molecular complexity index is 516. The average molecular weight is 192 g/mol. The maximum Gasteiger partial charge on any atom is 0.339 e. The maximum absolute atomic E-state index is 10.8. The van der Waals surface area contributed by atoms with E-state index in [1.807, 2.05) is 0 Å². The lowest BCUT2D eigenvalue weighted by atomic mass is 10.3. The van der Waals surface area contributed by atoms with Gasteiger partial charge in [-0.25, -0.2) is 9.78 Å². The fourth-order valence-corrected chi connectivity index (χ4v) is 1.34. The van der Waals surface area contributed by atoms with Crippen LogP contribution in [0.4, 0.5) is 0 Å². The second kappa shape index (κ2) is 2.73. The molecule has 5 nitrogen and oxygen atoms in total. The molecule has 0 amide bonds. The predicted octanol–water partition coefficient (Wildman–Crippen LogP) is 1.05. The minimum atomic E-state index is -1.06. The van der Waals surface area contributed by atoms with E-state index in [1.165, 1.54) is 10.5 Å². The van der Waals surface area contributed by atoms with E-state index < -0.39 is 5.97 Å². The topological polar surface area (TPSA) is 74.8 Å². The number of pyridine rings is 1. The third-order valence-corrected chi connectivity index (χ3v) is 2.02. The number of imidazole rings is 1. The van der Waals surface area contributed by atoms with E-state index in [9.17, 15) is 9.90 Å². The number of hydrogen-bond acceptors (Lipinski definition) is 3. The van der Waals surface area contributed by atoms with Crippen molar-refractivity contribution in [1.29, 1.82) is 0 Å². The Morgan fingerprint density at radius 3 is 2.93 bits per heavy atom. The number of hydrogen-bond donors (Lipinski definition) is 2. The zero-order valence-electron chi connectivity index (χ0n) is 7.43. The number of rotatable bonds is 1. The lowest BCUT2D eigenvalue weighted by Crippen LogP contribution is -1.99. The van der Waals surface area contributed by atoms with Crippen molar-refractivity contribution in [2.45, 2.75) is 6.92 Å². The third-order valence-electron chi connectivity index (χ3n) is 2.02. The smallest absolute Gasteiger partial charge is 0.339 e. The molecule has 14 heavy (non-hydrogen) atoms. The first-order chi connectivity index (χ1) is 6.61. The molecule has 0 unspecified atom stereocenters. The molecule has 0 saturated carbocycles. The molecule has 0 aromatic carbocycles. The van der Waals surface area contributed by atoms with Gasteiger partial charge in [0.25, 0.3) is 0 Å². The molecule has 0 spiro atoms. The highest BCUT2D eigenvalue weighted by Crippen LogP contribution is 2.20. The molecule has 2 rings (SSSR count). The van der Waals surface area contributed by atoms with Gasteiger partial charge in [-0.1, -0.05) is 0 Å². The first-order valence-electron chi connectivity index (χ1n) is 4.01. The van der Waals surface area contributed by atoms with Crippen molar-refractivity contribution in [1.82, 2.24) is 9.38 Å². The van der Waals surface area contributed by atoms with E-state index in [2.05, 4.69) is 4.98 Å². The quantitative estimate of drug-likeness (QED) is 0.708. The van der Waals surface area contributed by atoms with Crippen LogP contribution in [-0.4, -0.2) is 25.6 Å². The maximum atomic E-state index is 10.8. The molecule has 0 aliphatic heterocycles. The van der Waals surface area contributed by atoms with Crippen LogP contribution in [0.15, 0.2) is 18.3 Å². The normalized spacial score (nSPS) is 10.6. The number of aromatic carboxylic acids is 1. The van der Waals surface area contributed by atoms with Gasteiger partial charge in [0.2, 0.25) is 5.88 Å². The van der Waals surface area contributed by atoms with Crippen LogP contribution in [0, 0.1) is 6.92 Å². The van der Waals surface area contributed by atoms with Crippen molar-refractivity contribution in [2.24, 2.45) is 0 Å². The lowest BCUT2D eigenvalue weighted by molar-refractivity contribution is 0.0698. The largest absolute Gasteiger partial charge is 0.493 e. The van der Waals surface area contributed by atoms with Gasteiger partial charge < -0.3 is 10.2 Å². The molecular weight excluding hydrogens is 184 g/mol.